The Balaban J connectivity index is 2.01. The van der Waals surface area contributed by atoms with Gasteiger partial charge < -0.3 is 14.9 Å². The third-order valence-corrected chi connectivity index (χ3v) is 5.63. The van der Waals surface area contributed by atoms with Gasteiger partial charge in [-0.1, -0.05) is 20.3 Å². The van der Waals surface area contributed by atoms with Crippen LogP contribution in [0.2, 0.25) is 0 Å². The van der Waals surface area contributed by atoms with Gasteiger partial charge in [0, 0.05) is 18.7 Å². The van der Waals surface area contributed by atoms with Gasteiger partial charge in [-0.3, -0.25) is 19.1 Å². The van der Waals surface area contributed by atoms with Crippen LogP contribution in [0, 0.1) is 5.92 Å². The second-order valence-electron chi connectivity index (χ2n) is 5.96. The lowest BCUT2D eigenvalue weighted by atomic mass is 10.1. The Morgan fingerprint density at radius 2 is 2.12 bits per heavy atom. The van der Waals surface area contributed by atoms with Crippen LogP contribution >= 0.6 is 11.8 Å². The number of hydrogen-bond acceptors (Lipinski definition) is 7. The minimum Gasteiger partial charge on any atom is -0.464 e. The molecule has 1 saturated heterocycles. The van der Waals surface area contributed by atoms with Gasteiger partial charge in [-0.25, -0.2) is 4.79 Å². The molecule has 0 aromatic carbocycles. The van der Waals surface area contributed by atoms with Crippen LogP contribution in [0.25, 0.3) is 0 Å². The van der Waals surface area contributed by atoms with E-state index in [-0.39, 0.29) is 18.5 Å². The van der Waals surface area contributed by atoms with E-state index in [1.807, 2.05) is 13.8 Å². The van der Waals surface area contributed by atoms with E-state index in [1.165, 1.54) is 12.3 Å². The zero-order valence-corrected chi connectivity index (χ0v) is 14.4. The van der Waals surface area contributed by atoms with Crippen LogP contribution in [0.3, 0.4) is 0 Å². The van der Waals surface area contributed by atoms with Crippen molar-refractivity contribution < 1.29 is 19.7 Å². The third kappa shape index (κ3) is 4.28. The molecule has 5 unspecified atom stereocenters. The number of carbonyl (C=O) groups is 1. The number of nitrogens with one attached hydrogen (secondary N) is 1. The first-order valence-corrected chi connectivity index (χ1v) is 8.76. The second kappa shape index (κ2) is 8.00. The highest BCUT2D eigenvalue weighted by Crippen LogP contribution is 2.41. The summed E-state index contributed by atoms with van der Waals surface area (Å²) in [6, 6.07) is 1.17. The molecular weight excluding hydrogens is 336 g/mol. The van der Waals surface area contributed by atoms with E-state index in [0.29, 0.717) is 6.42 Å². The van der Waals surface area contributed by atoms with Crippen molar-refractivity contribution in [1.82, 2.24) is 9.55 Å². The first-order valence-electron chi connectivity index (χ1n) is 7.82. The maximum Gasteiger partial charge on any atom is 0.329 e. The van der Waals surface area contributed by atoms with Crippen molar-refractivity contribution in [1.29, 1.82) is 0 Å². The normalized spacial score (nSPS) is 27.8. The molecule has 2 heterocycles. The number of aromatic nitrogens is 2. The molecule has 9 heteroatoms. The number of nitrogens with zero attached hydrogens (tertiary/aromatic N) is 1. The quantitative estimate of drug-likeness (QED) is 0.605. The molecule has 0 aliphatic carbocycles. The number of aromatic amines is 1. The fraction of sp³-hybridized carbons (Fsp3) is 0.667. The molecule has 5 atom stereocenters. The van der Waals surface area contributed by atoms with Crippen LogP contribution in [0.5, 0.6) is 0 Å². The fourth-order valence-corrected chi connectivity index (χ4v) is 3.83. The topological polar surface area (TPSA) is 122 Å². The predicted molar refractivity (Wildman–Crippen MR) is 88.8 cm³/mol. The van der Waals surface area contributed by atoms with E-state index in [0.717, 1.165) is 22.7 Å². The molecule has 134 valence electrons. The van der Waals surface area contributed by atoms with E-state index in [4.69, 9.17) is 4.74 Å². The molecule has 1 aliphatic heterocycles. The summed E-state index contributed by atoms with van der Waals surface area (Å²) in [5.41, 5.74) is -1.20. The Hall–Kier alpha value is -1.58. The third-order valence-electron chi connectivity index (χ3n) is 4.08. The Morgan fingerprint density at radius 3 is 2.75 bits per heavy atom. The Bertz CT molecular complexity index is 687. The van der Waals surface area contributed by atoms with Gasteiger partial charge in [0.25, 0.3) is 5.56 Å². The maximum atomic E-state index is 11.8. The molecule has 0 radical (unpaired) electrons. The maximum absolute atomic E-state index is 11.8. The van der Waals surface area contributed by atoms with Gasteiger partial charge >= 0.3 is 11.7 Å². The number of aliphatic hydroxyl groups excluding tert-OH is 2. The Morgan fingerprint density at radius 1 is 1.42 bits per heavy atom. The summed E-state index contributed by atoms with van der Waals surface area (Å²) in [6.07, 6.45) is 0.0832. The predicted octanol–water partition coefficient (Wildman–Crippen LogP) is -0.148. The first-order chi connectivity index (χ1) is 11.3. The summed E-state index contributed by atoms with van der Waals surface area (Å²) in [5, 5.41) is 19.0. The average Bonchev–Trinajstić information content (AvgIpc) is 2.81. The fourth-order valence-electron chi connectivity index (χ4n) is 2.39. The lowest BCUT2D eigenvalue weighted by Crippen LogP contribution is -2.37. The van der Waals surface area contributed by atoms with Gasteiger partial charge in [0.15, 0.2) is 0 Å². The molecule has 1 fully saturated rings. The first kappa shape index (κ1) is 18.8. The number of aliphatic hydroxyl groups is 2. The monoisotopic (exact) mass is 358 g/mol. The van der Waals surface area contributed by atoms with E-state index in [9.17, 15) is 24.6 Å². The van der Waals surface area contributed by atoms with Gasteiger partial charge in [-0.05, 0) is 5.92 Å². The highest BCUT2D eigenvalue weighted by atomic mass is 32.2. The van der Waals surface area contributed by atoms with Gasteiger partial charge in [-0.15, -0.1) is 11.8 Å². The highest BCUT2D eigenvalue weighted by Gasteiger charge is 2.44. The van der Waals surface area contributed by atoms with Crippen LogP contribution in [-0.4, -0.2) is 49.8 Å². The van der Waals surface area contributed by atoms with Crippen molar-refractivity contribution in [2.75, 3.05) is 6.61 Å². The minimum atomic E-state index is -1.21. The van der Waals surface area contributed by atoms with Gasteiger partial charge in [0.05, 0.1) is 11.4 Å². The van der Waals surface area contributed by atoms with Gasteiger partial charge in [0.2, 0.25) is 0 Å². The van der Waals surface area contributed by atoms with Crippen LogP contribution in [0.15, 0.2) is 21.9 Å². The molecule has 8 nitrogen and oxygen atoms in total. The van der Waals surface area contributed by atoms with E-state index in [2.05, 4.69) is 4.98 Å². The summed E-state index contributed by atoms with van der Waals surface area (Å²) < 4.78 is 6.33. The molecule has 0 saturated carbocycles. The van der Waals surface area contributed by atoms with Gasteiger partial charge in [-0.2, -0.15) is 0 Å². The summed E-state index contributed by atoms with van der Waals surface area (Å²) in [7, 11) is 0. The number of H-pyrrole nitrogens is 1. The SMILES string of the molecule is CCC(C)CC(=O)OCC1SC(n2ccc(=O)[nH]c2=O)C(O)C1O. The lowest BCUT2D eigenvalue weighted by molar-refractivity contribution is -0.145. The average molecular weight is 358 g/mol. The molecule has 24 heavy (non-hydrogen) atoms. The molecule has 1 aliphatic rings. The largest absolute Gasteiger partial charge is 0.464 e. The number of carbonyl (C=O) groups excluding carboxylic acids is 1. The zero-order valence-electron chi connectivity index (χ0n) is 13.5. The number of thioether (sulfide) groups is 1. The van der Waals surface area contributed by atoms with Crippen molar-refractivity contribution in [3.8, 4) is 0 Å². The Kier molecular flexibility index (Phi) is 6.25. The van der Waals surface area contributed by atoms with Crippen molar-refractivity contribution >= 4 is 17.7 Å². The zero-order chi connectivity index (χ0) is 17.9. The van der Waals surface area contributed by atoms with Gasteiger partial charge in [0.1, 0.15) is 18.1 Å². The molecule has 2 rings (SSSR count). The molecule has 0 amide bonds. The summed E-state index contributed by atoms with van der Waals surface area (Å²) >= 11 is 1.13. The van der Waals surface area contributed by atoms with E-state index >= 15 is 0 Å². The van der Waals surface area contributed by atoms with Crippen molar-refractivity contribution in [2.45, 2.75) is 49.5 Å². The highest BCUT2D eigenvalue weighted by molar-refractivity contribution is 8.00. The van der Waals surface area contributed by atoms with E-state index < -0.39 is 34.1 Å². The van der Waals surface area contributed by atoms with Crippen molar-refractivity contribution in [3.63, 3.8) is 0 Å². The molecule has 1 aromatic rings. The van der Waals surface area contributed by atoms with Crippen LogP contribution in [-0.2, 0) is 9.53 Å². The number of esters is 1. The van der Waals surface area contributed by atoms with Crippen LogP contribution in [0.1, 0.15) is 32.1 Å². The number of rotatable bonds is 6. The molecule has 0 bridgehead atoms. The summed E-state index contributed by atoms with van der Waals surface area (Å²) in [4.78, 5) is 36.8. The molecule has 0 spiro atoms. The molecule has 3 N–H and O–H groups in total. The van der Waals surface area contributed by atoms with E-state index in [1.54, 1.807) is 0 Å². The molecule has 1 aromatic heterocycles. The minimum absolute atomic E-state index is 0.0488. The smallest absolute Gasteiger partial charge is 0.329 e. The number of ether oxygens (including phenoxy) is 1. The summed E-state index contributed by atoms with van der Waals surface area (Å²) in [5.74, 6) is -0.131. The lowest BCUT2D eigenvalue weighted by Gasteiger charge is -2.17. The van der Waals surface area contributed by atoms with Crippen LogP contribution in [0.4, 0.5) is 0 Å². The van der Waals surface area contributed by atoms with Crippen molar-refractivity contribution in [2.24, 2.45) is 5.92 Å². The Labute approximate surface area is 142 Å². The molecular formula is C15H22N2O6S. The standard InChI is InChI=1S/C15H22N2O6S/c1-3-8(2)6-11(19)23-7-9-12(20)13(21)14(24-9)17-5-4-10(18)16-15(17)22/h4-5,8-9,12-14,20-21H,3,6-7H2,1-2H3,(H,16,18,22). The summed E-state index contributed by atoms with van der Waals surface area (Å²) in [6.45, 7) is 3.88. The van der Waals surface area contributed by atoms with Crippen molar-refractivity contribution in [3.05, 3.63) is 33.1 Å². The number of hydrogen-bond donors (Lipinski definition) is 3. The second-order valence-corrected chi connectivity index (χ2v) is 7.32. The van der Waals surface area contributed by atoms with Crippen LogP contribution < -0.4 is 11.2 Å².